The Hall–Kier alpha value is -1.70. The molecule has 0 saturated carbocycles. The number of nitrogens with zero attached hydrogens (tertiary/aromatic N) is 1. The summed E-state index contributed by atoms with van der Waals surface area (Å²) in [6.45, 7) is 3.85. The molecule has 1 aromatic rings. The van der Waals surface area contributed by atoms with Gasteiger partial charge in [-0.3, -0.25) is 10.1 Å². The van der Waals surface area contributed by atoms with Crippen molar-refractivity contribution in [2.75, 3.05) is 33.4 Å². The predicted octanol–water partition coefficient (Wildman–Crippen LogP) is 1.65. The van der Waals surface area contributed by atoms with Crippen LogP contribution < -0.4 is 10.1 Å². The van der Waals surface area contributed by atoms with E-state index in [2.05, 4.69) is 5.32 Å². The Morgan fingerprint density at radius 2 is 2.14 bits per heavy atom. The van der Waals surface area contributed by atoms with Crippen LogP contribution in [0.4, 0.5) is 5.69 Å². The molecular formula is C14H22N2O5. The van der Waals surface area contributed by atoms with Gasteiger partial charge in [0.1, 0.15) is 12.4 Å². The number of aliphatic hydroxyl groups excluding tert-OH is 1. The molecule has 7 nitrogen and oxygen atoms in total. The lowest BCUT2D eigenvalue weighted by Crippen LogP contribution is -2.13. The minimum Gasteiger partial charge on any atom is -0.491 e. The first kappa shape index (κ1) is 17.4. The summed E-state index contributed by atoms with van der Waals surface area (Å²) in [4.78, 5) is 10.3. The normalized spacial score (nSPS) is 12.1. The molecule has 1 aromatic carbocycles. The van der Waals surface area contributed by atoms with Crippen molar-refractivity contribution in [3.8, 4) is 5.75 Å². The molecule has 0 spiro atoms. The molecule has 0 aliphatic heterocycles. The van der Waals surface area contributed by atoms with Crippen LogP contribution >= 0.6 is 0 Å². The molecule has 0 amide bonds. The lowest BCUT2D eigenvalue weighted by molar-refractivity contribution is -0.386. The number of benzene rings is 1. The maximum atomic E-state index is 10.9. The number of rotatable bonds is 10. The van der Waals surface area contributed by atoms with Gasteiger partial charge in [0, 0.05) is 12.7 Å². The second-order valence-corrected chi connectivity index (χ2v) is 4.57. The minimum atomic E-state index is -0.924. The molecule has 1 rings (SSSR count). The number of nitro benzene ring substituents is 1. The van der Waals surface area contributed by atoms with E-state index in [1.54, 1.807) is 0 Å². The van der Waals surface area contributed by atoms with Gasteiger partial charge in [-0.2, -0.15) is 0 Å². The second-order valence-electron chi connectivity index (χ2n) is 4.57. The van der Waals surface area contributed by atoms with Crippen molar-refractivity contribution in [2.24, 2.45) is 0 Å². The highest BCUT2D eigenvalue weighted by atomic mass is 16.6. The molecule has 7 heteroatoms. The molecule has 0 aliphatic rings. The smallest absolute Gasteiger partial charge is 0.275 e. The Balaban J connectivity index is 2.45. The number of nitro groups is 1. The molecule has 0 aromatic heterocycles. The number of hydrogen-bond acceptors (Lipinski definition) is 6. The van der Waals surface area contributed by atoms with Crippen LogP contribution in [0.3, 0.4) is 0 Å². The van der Waals surface area contributed by atoms with Crippen molar-refractivity contribution in [1.82, 2.24) is 5.32 Å². The second kappa shape index (κ2) is 9.28. The quantitative estimate of drug-likeness (QED) is 0.387. The lowest BCUT2D eigenvalue weighted by Gasteiger charge is -2.10. The molecule has 0 bridgehead atoms. The highest BCUT2D eigenvalue weighted by molar-refractivity contribution is 5.46. The van der Waals surface area contributed by atoms with Crippen LogP contribution in [0.1, 0.15) is 25.0 Å². The summed E-state index contributed by atoms with van der Waals surface area (Å²) in [6.07, 6.45) is 0.00645. The number of nitrogens with one attached hydrogen (secondary N) is 1. The van der Waals surface area contributed by atoms with Crippen molar-refractivity contribution in [1.29, 1.82) is 0 Å². The molecule has 21 heavy (non-hydrogen) atoms. The zero-order chi connectivity index (χ0) is 15.7. The van der Waals surface area contributed by atoms with E-state index < -0.39 is 11.0 Å². The monoisotopic (exact) mass is 298 g/mol. The summed E-state index contributed by atoms with van der Waals surface area (Å²) in [7, 11) is 1.89. The summed E-state index contributed by atoms with van der Waals surface area (Å²) in [6, 6.07) is 4.35. The van der Waals surface area contributed by atoms with Crippen LogP contribution in [0.5, 0.6) is 5.75 Å². The molecule has 1 unspecified atom stereocenters. The molecule has 0 aliphatic carbocycles. The van der Waals surface area contributed by atoms with Crippen LogP contribution in [0.2, 0.25) is 0 Å². The summed E-state index contributed by atoms with van der Waals surface area (Å²) in [5.41, 5.74) is 0.133. The highest BCUT2D eigenvalue weighted by Crippen LogP contribution is 2.28. The maximum Gasteiger partial charge on any atom is 0.275 e. The van der Waals surface area contributed by atoms with E-state index in [-0.39, 0.29) is 11.3 Å². The molecule has 0 radical (unpaired) electrons. The first-order valence-electron chi connectivity index (χ1n) is 6.87. The van der Waals surface area contributed by atoms with Crippen molar-refractivity contribution in [3.05, 3.63) is 33.9 Å². The van der Waals surface area contributed by atoms with Gasteiger partial charge in [-0.15, -0.1) is 0 Å². The van der Waals surface area contributed by atoms with Gasteiger partial charge in [0.25, 0.3) is 5.69 Å². The molecule has 0 saturated heterocycles. The molecule has 0 fully saturated rings. The SMILES string of the molecule is CNCCCOCCOc1ccc([N+](=O)[O-])c(C(C)O)c1. The van der Waals surface area contributed by atoms with E-state index in [9.17, 15) is 15.2 Å². The third-order valence-electron chi connectivity index (χ3n) is 2.86. The van der Waals surface area contributed by atoms with E-state index in [1.807, 2.05) is 7.05 Å². The third-order valence-corrected chi connectivity index (χ3v) is 2.86. The van der Waals surface area contributed by atoms with Gasteiger partial charge in [0.05, 0.1) is 23.2 Å². The van der Waals surface area contributed by atoms with Gasteiger partial charge in [-0.25, -0.2) is 0 Å². The fourth-order valence-electron chi connectivity index (χ4n) is 1.79. The minimum absolute atomic E-state index is 0.110. The van der Waals surface area contributed by atoms with Crippen molar-refractivity contribution in [2.45, 2.75) is 19.4 Å². The van der Waals surface area contributed by atoms with E-state index in [1.165, 1.54) is 25.1 Å². The van der Waals surface area contributed by atoms with Crippen LogP contribution in [0.15, 0.2) is 18.2 Å². The fraction of sp³-hybridized carbons (Fsp3) is 0.571. The van der Waals surface area contributed by atoms with Gasteiger partial charge >= 0.3 is 0 Å². The van der Waals surface area contributed by atoms with Gasteiger partial charge in [-0.05, 0) is 39.1 Å². The Kier molecular flexibility index (Phi) is 7.66. The fourth-order valence-corrected chi connectivity index (χ4v) is 1.79. The Morgan fingerprint density at radius 1 is 1.38 bits per heavy atom. The zero-order valence-corrected chi connectivity index (χ0v) is 12.4. The van der Waals surface area contributed by atoms with Crippen LogP contribution in [0.25, 0.3) is 0 Å². The lowest BCUT2D eigenvalue weighted by atomic mass is 10.1. The third kappa shape index (κ3) is 6.07. The van der Waals surface area contributed by atoms with Gasteiger partial charge in [0.2, 0.25) is 0 Å². The van der Waals surface area contributed by atoms with Gasteiger partial charge < -0.3 is 19.9 Å². The van der Waals surface area contributed by atoms with E-state index in [0.717, 1.165) is 13.0 Å². The number of aliphatic hydroxyl groups is 1. The average molecular weight is 298 g/mol. The van der Waals surface area contributed by atoms with Crippen molar-refractivity contribution >= 4 is 5.69 Å². The summed E-state index contributed by atoms with van der Waals surface area (Å²) >= 11 is 0. The zero-order valence-electron chi connectivity index (χ0n) is 12.4. The maximum absolute atomic E-state index is 10.9. The van der Waals surface area contributed by atoms with Crippen LogP contribution in [-0.2, 0) is 4.74 Å². The van der Waals surface area contributed by atoms with E-state index in [0.29, 0.717) is 25.6 Å². The van der Waals surface area contributed by atoms with Crippen LogP contribution in [0, 0.1) is 10.1 Å². The summed E-state index contributed by atoms with van der Waals surface area (Å²) < 4.78 is 10.8. The topological polar surface area (TPSA) is 93.9 Å². The first-order valence-corrected chi connectivity index (χ1v) is 6.87. The van der Waals surface area contributed by atoms with E-state index >= 15 is 0 Å². The number of hydrogen-bond donors (Lipinski definition) is 2. The summed E-state index contributed by atoms with van der Waals surface area (Å²) in [5.74, 6) is 0.482. The molecule has 118 valence electrons. The molecule has 2 N–H and O–H groups in total. The first-order chi connectivity index (χ1) is 10.1. The molecular weight excluding hydrogens is 276 g/mol. The Bertz CT molecular complexity index is 451. The molecule has 1 atom stereocenters. The highest BCUT2D eigenvalue weighted by Gasteiger charge is 2.18. The standard InChI is InChI=1S/C14H22N2O5/c1-11(17)13-10-12(4-5-14(13)16(18)19)21-9-8-20-7-3-6-15-2/h4-5,10-11,15,17H,3,6-9H2,1-2H3. The van der Waals surface area contributed by atoms with Crippen LogP contribution in [-0.4, -0.2) is 43.4 Å². The van der Waals surface area contributed by atoms with Crippen molar-refractivity contribution in [3.63, 3.8) is 0 Å². The van der Waals surface area contributed by atoms with E-state index in [4.69, 9.17) is 9.47 Å². The molecule has 0 heterocycles. The Morgan fingerprint density at radius 3 is 2.76 bits per heavy atom. The van der Waals surface area contributed by atoms with Gasteiger partial charge in [0.15, 0.2) is 0 Å². The Labute approximate surface area is 124 Å². The average Bonchev–Trinajstić information content (AvgIpc) is 2.46. The van der Waals surface area contributed by atoms with Crippen molar-refractivity contribution < 1.29 is 19.5 Å². The number of ether oxygens (including phenoxy) is 2. The summed E-state index contributed by atoms with van der Waals surface area (Å²) in [5, 5.41) is 23.5. The largest absolute Gasteiger partial charge is 0.491 e. The van der Waals surface area contributed by atoms with Gasteiger partial charge in [-0.1, -0.05) is 0 Å². The predicted molar refractivity (Wildman–Crippen MR) is 78.6 cm³/mol.